The van der Waals surface area contributed by atoms with E-state index in [0.717, 1.165) is 19.3 Å². The first-order chi connectivity index (χ1) is 9.85. The minimum Gasteiger partial charge on any atom is -0.480 e. The minimum absolute atomic E-state index is 0.0348. The van der Waals surface area contributed by atoms with Gasteiger partial charge >= 0.3 is 12.0 Å². The van der Waals surface area contributed by atoms with Crippen molar-refractivity contribution in [1.82, 2.24) is 9.80 Å². The largest absolute Gasteiger partial charge is 0.480 e. The number of amides is 2. The summed E-state index contributed by atoms with van der Waals surface area (Å²) < 4.78 is 23.2. The summed E-state index contributed by atoms with van der Waals surface area (Å²) in [6, 6.07) is -0.596. The van der Waals surface area contributed by atoms with Crippen molar-refractivity contribution < 1.29 is 23.1 Å². The van der Waals surface area contributed by atoms with E-state index in [-0.39, 0.29) is 23.6 Å². The molecule has 2 aliphatic heterocycles. The summed E-state index contributed by atoms with van der Waals surface area (Å²) in [4.78, 5) is 26.7. The molecule has 0 spiro atoms. The van der Waals surface area contributed by atoms with Gasteiger partial charge in [-0.3, -0.25) is 4.79 Å². The topological polar surface area (TPSA) is 95.0 Å². The molecule has 1 N–H and O–H groups in total. The van der Waals surface area contributed by atoms with E-state index in [1.165, 1.54) is 4.90 Å². The van der Waals surface area contributed by atoms with E-state index in [4.69, 9.17) is 5.11 Å². The number of fused-ring (bicyclic) bond motifs is 2. The quantitative estimate of drug-likeness (QED) is 0.800. The van der Waals surface area contributed by atoms with Crippen molar-refractivity contribution in [3.8, 4) is 0 Å². The maximum absolute atomic E-state index is 12.7. The van der Waals surface area contributed by atoms with E-state index in [1.807, 2.05) is 0 Å². The van der Waals surface area contributed by atoms with Crippen LogP contribution in [0.15, 0.2) is 0 Å². The molecule has 1 aliphatic carbocycles. The van der Waals surface area contributed by atoms with Gasteiger partial charge in [0.1, 0.15) is 6.54 Å². The molecule has 2 bridgehead atoms. The summed E-state index contributed by atoms with van der Waals surface area (Å²) in [7, 11) is -3.15. The summed E-state index contributed by atoms with van der Waals surface area (Å²) in [5.41, 5.74) is 0. The van der Waals surface area contributed by atoms with Gasteiger partial charge in [-0.15, -0.1) is 0 Å². The molecular weight excluding hydrogens is 296 g/mol. The zero-order valence-corrected chi connectivity index (χ0v) is 12.6. The molecule has 8 heteroatoms. The van der Waals surface area contributed by atoms with Gasteiger partial charge in [-0.1, -0.05) is 0 Å². The fourth-order valence-electron chi connectivity index (χ4n) is 3.84. The van der Waals surface area contributed by atoms with Gasteiger partial charge in [0.05, 0.1) is 11.5 Å². The molecule has 3 unspecified atom stereocenters. The molecule has 0 aromatic rings. The Balaban J connectivity index is 1.76. The Morgan fingerprint density at radius 3 is 2.48 bits per heavy atom. The van der Waals surface area contributed by atoms with Crippen LogP contribution in [0.2, 0.25) is 0 Å². The standard InChI is InChI=1S/C13H20N2O5S/c16-12(17)7-15(11-3-4-21(19,20)8-11)13(18)14-6-9-1-2-10(14)5-9/h9-11H,1-8H2,(H,16,17). The number of hydrogen-bond acceptors (Lipinski definition) is 4. The third kappa shape index (κ3) is 2.86. The Morgan fingerprint density at radius 1 is 1.24 bits per heavy atom. The predicted molar refractivity (Wildman–Crippen MR) is 74.6 cm³/mol. The monoisotopic (exact) mass is 316 g/mol. The molecule has 0 aromatic heterocycles. The lowest BCUT2D eigenvalue weighted by Gasteiger charge is -2.35. The zero-order chi connectivity index (χ0) is 15.2. The number of piperidine rings is 1. The van der Waals surface area contributed by atoms with E-state index in [9.17, 15) is 18.0 Å². The third-order valence-electron chi connectivity index (χ3n) is 4.86. The molecule has 7 nitrogen and oxygen atoms in total. The number of aliphatic carboxylic acids is 1. The fraction of sp³-hybridized carbons (Fsp3) is 0.846. The number of carboxylic acids is 1. The van der Waals surface area contributed by atoms with Crippen LogP contribution in [0.1, 0.15) is 25.7 Å². The van der Waals surface area contributed by atoms with Crippen LogP contribution in [0, 0.1) is 5.92 Å². The number of nitrogens with zero attached hydrogens (tertiary/aromatic N) is 2. The minimum atomic E-state index is -3.15. The number of carboxylic acid groups (broad SMARTS) is 1. The van der Waals surface area contributed by atoms with Crippen LogP contribution < -0.4 is 0 Å². The number of hydrogen-bond donors (Lipinski definition) is 1. The first kappa shape index (κ1) is 14.6. The summed E-state index contributed by atoms with van der Waals surface area (Å²) in [6.45, 7) is 0.256. The predicted octanol–water partition coefficient (Wildman–Crippen LogP) is 0.164. The highest BCUT2D eigenvalue weighted by Crippen LogP contribution is 2.38. The van der Waals surface area contributed by atoms with Crippen LogP contribution in [0.5, 0.6) is 0 Å². The molecule has 0 radical (unpaired) electrons. The second kappa shape index (κ2) is 5.15. The van der Waals surface area contributed by atoms with Gasteiger partial charge in [0.25, 0.3) is 0 Å². The summed E-state index contributed by atoms with van der Waals surface area (Å²) in [5.74, 6) is -0.656. The first-order valence-electron chi connectivity index (χ1n) is 7.35. The van der Waals surface area contributed by atoms with Gasteiger partial charge in [0.2, 0.25) is 0 Å². The smallest absolute Gasteiger partial charge is 0.323 e. The Hall–Kier alpha value is -1.31. The molecule has 3 rings (SSSR count). The first-order valence-corrected chi connectivity index (χ1v) is 9.17. The highest BCUT2D eigenvalue weighted by Gasteiger charge is 2.44. The van der Waals surface area contributed by atoms with Crippen LogP contribution in [-0.4, -0.2) is 72.0 Å². The normalized spacial score (nSPS) is 33.3. The Bertz CT molecular complexity index is 561. The molecule has 2 heterocycles. The van der Waals surface area contributed by atoms with E-state index in [0.29, 0.717) is 18.9 Å². The van der Waals surface area contributed by atoms with Gasteiger partial charge < -0.3 is 14.9 Å². The van der Waals surface area contributed by atoms with Crippen molar-refractivity contribution >= 4 is 21.8 Å². The molecule has 3 aliphatic rings. The number of likely N-dealkylation sites (tertiary alicyclic amines) is 1. The van der Waals surface area contributed by atoms with Gasteiger partial charge in [-0.25, -0.2) is 13.2 Å². The van der Waals surface area contributed by atoms with Crippen LogP contribution in [0.25, 0.3) is 0 Å². The molecule has 2 amide bonds. The molecule has 0 aromatic carbocycles. The van der Waals surface area contributed by atoms with Gasteiger partial charge in [-0.05, 0) is 31.6 Å². The molecule has 118 valence electrons. The third-order valence-corrected chi connectivity index (χ3v) is 6.61. The van der Waals surface area contributed by atoms with Gasteiger partial charge in [-0.2, -0.15) is 0 Å². The molecule has 1 saturated carbocycles. The summed E-state index contributed by atoms with van der Waals surface area (Å²) in [6.07, 6.45) is 3.43. The van der Waals surface area contributed by atoms with E-state index >= 15 is 0 Å². The lowest BCUT2D eigenvalue weighted by Crippen LogP contribution is -2.52. The number of carbonyl (C=O) groups excluding carboxylic acids is 1. The van der Waals surface area contributed by atoms with Gasteiger partial charge in [0.15, 0.2) is 9.84 Å². The lowest BCUT2D eigenvalue weighted by molar-refractivity contribution is -0.138. The summed E-state index contributed by atoms with van der Waals surface area (Å²) >= 11 is 0. The SMILES string of the molecule is O=C(O)CN(C(=O)N1CC2CCC1C2)C1CCS(=O)(=O)C1. The van der Waals surface area contributed by atoms with Gasteiger partial charge in [0, 0.05) is 18.6 Å². The Morgan fingerprint density at radius 2 is 2.00 bits per heavy atom. The maximum atomic E-state index is 12.7. The van der Waals surface area contributed by atoms with E-state index in [2.05, 4.69) is 0 Å². The average Bonchev–Trinajstić information content (AvgIpc) is 3.09. The van der Waals surface area contributed by atoms with Crippen LogP contribution in [0.4, 0.5) is 4.79 Å². The molecule has 3 atom stereocenters. The Kier molecular flexibility index (Phi) is 3.59. The van der Waals surface area contributed by atoms with Crippen molar-refractivity contribution in [2.45, 2.75) is 37.8 Å². The average molecular weight is 316 g/mol. The second-order valence-electron chi connectivity index (χ2n) is 6.35. The van der Waals surface area contributed by atoms with Crippen molar-refractivity contribution in [3.63, 3.8) is 0 Å². The number of sulfone groups is 1. The van der Waals surface area contributed by atoms with Crippen LogP contribution in [-0.2, 0) is 14.6 Å². The second-order valence-corrected chi connectivity index (χ2v) is 8.58. The zero-order valence-electron chi connectivity index (χ0n) is 11.8. The maximum Gasteiger partial charge on any atom is 0.323 e. The van der Waals surface area contributed by atoms with E-state index < -0.39 is 28.4 Å². The number of carbonyl (C=O) groups is 2. The number of rotatable bonds is 3. The van der Waals surface area contributed by atoms with Crippen molar-refractivity contribution in [2.24, 2.45) is 5.92 Å². The lowest BCUT2D eigenvalue weighted by atomic mass is 10.1. The summed E-state index contributed by atoms with van der Waals surface area (Å²) in [5, 5.41) is 9.04. The van der Waals surface area contributed by atoms with E-state index in [1.54, 1.807) is 4.90 Å². The fourth-order valence-corrected chi connectivity index (χ4v) is 5.57. The highest BCUT2D eigenvalue weighted by atomic mass is 32.2. The number of urea groups is 1. The molecule has 2 saturated heterocycles. The Labute approximate surface area is 123 Å². The van der Waals surface area contributed by atoms with Crippen molar-refractivity contribution in [1.29, 1.82) is 0 Å². The van der Waals surface area contributed by atoms with Crippen molar-refractivity contribution in [3.05, 3.63) is 0 Å². The molecule has 21 heavy (non-hydrogen) atoms. The van der Waals surface area contributed by atoms with Crippen LogP contribution in [0.3, 0.4) is 0 Å². The van der Waals surface area contributed by atoms with Crippen LogP contribution >= 0.6 is 0 Å². The highest BCUT2D eigenvalue weighted by molar-refractivity contribution is 7.91. The van der Waals surface area contributed by atoms with Crippen molar-refractivity contribution in [2.75, 3.05) is 24.6 Å². The molecule has 3 fully saturated rings. The molecular formula is C13H20N2O5S.